The molecule has 0 saturated carbocycles. The summed E-state index contributed by atoms with van der Waals surface area (Å²) in [6.45, 7) is 4.86. The molecule has 11 heteroatoms. The van der Waals surface area contributed by atoms with Crippen molar-refractivity contribution in [2.24, 2.45) is 0 Å². The number of benzene rings is 1. The first-order chi connectivity index (χ1) is 13.1. The summed E-state index contributed by atoms with van der Waals surface area (Å²) in [4.78, 5) is 12.0. The van der Waals surface area contributed by atoms with Gasteiger partial charge in [-0.05, 0) is 25.5 Å². The van der Waals surface area contributed by atoms with E-state index in [0.717, 1.165) is 5.56 Å². The molecule has 0 aromatic heterocycles. The number of rotatable bonds is 9. The summed E-state index contributed by atoms with van der Waals surface area (Å²) >= 11 is 0. The Morgan fingerprint density at radius 3 is 2.43 bits per heavy atom. The predicted octanol–water partition coefficient (Wildman–Crippen LogP) is -0.250. The van der Waals surface area contributed by atoms with Gasteiger partial charge >= 0.3 is 0 Å². The molecule has 0 spiro atoms. The van der Waals surface area contributed by atoms with Crippen molar-refractivity contribution in [3.05, 3.63) is 29.3 Å². The lowest BCUT2D eigenvalue weighted by molar-refractivity contribution is -0.120. The molecule has 0 unspecified atom stereocenters. The second-order valence-corrected chi connectivity index (χ2v) is 10.4. The van der Waals surface area contributed by atoms with Crippen molar-refractivity contribution in [2.45, 2.75) is 25.2 Å². The monoisotopic (exact) mass is 433 g/mol. The number of carbonyl (C=O) groups is 1. The van der Waals surface area contributed by atoms with Gasteiger partial charge in [0.1, 0.15) is 0 Å². The van der Waals surface area contributed by atoms with Gasteiger partial charge in [-0.1, -0.05) is 17.7 Å². The van der Waals surface area contributed by atoms with Crippen molar-refractivity contribution >= 4 is 26.0 Å². The van der Waals surface area contributed by atoms with E-state index in [4.69, 9.17) is 4.74 Å². The molecule has 158 valence electrons. The smallest absolute Gasteiger partial charge is 0.240 e. The number of amides is 1. The number of nitrogens with one attached hydrogen (secondary N) is 2. The first-order valence-corrected chi connectivity index (χ1v) is 12.1. The summed E-state index contributed by atoms with van der Waals surface area (Å²) in [6, 6.07) is 5.02. The van der Waals surface area contributed by atoms with Crippen molar-refractivity contribution in [3.8, 4) is 0 Å². The molecule has 0 bridgehead atoms. The molecule has 9 nitrogen and oxygen atoms in total. The SMILES string of the molecule is Cc1ccc(S(=O)(=O)NCCC(=O)NCCS(=O)(=O)N2CCOCC2)c(C)c1. The topological polar surface area (TPSA) is 122 Å². The van der Waals surface area contributed by atoms with Crippen LogP contribution in [-0.4, -0.2) is 72.2 Å². The Hall–Kier alpha value is -1.53. The van der Waals surface area contributed by atoms with Gasteiger partial charge in [-0.15, -0.1) is 0 Å². The van der Waals surface area contributed by atoms with Gasteiger partial charge in [-0.3, -0.25) is 4.79 Å². The molecule has 2 N–H and O–H groups in total. The van der Waals surface area contributed by atoms with Gasteiger partial charge in [0.05, 0.1) is 23.9 Å². The molecular weight excluding hydrogens is 406 g/mol. The minimum Gasteiger partial charge on any atom is -0.379 e. The highest BCUT2D eigenvalue weighted by molar-refractivity contribution is 7.89. The van der Waals surface area contributed by atoms with E-state index in [-0.39, 0.29) is 30.2 Å². The number of ether oxygens (including phenoxy) is 1. The minimum atomic E-state index is -3.71. The van der Waals surface area contributed by atoms with Gasteiger partial charge in [0.15, 0.2) is 0 Å². The number of hydrogen-bond acceptors (Lipinski definition) is 6. The maximum Gasteiger partial charge on any atom is 0.240 e. The van der Waals surface area contributed by atoms with Crippen LogP contribution < -0.4 is 10.0 Å². The third-order valence-corrected chi connectivity index (χ3v) is 7.80. The van der Waals surface area contributed by atoms with E-state index in [9.17, 15) is 21.6 Å². The van der Waals surface area contributed by atoms with Crippen LogP contribution in [0.15, 0.2) is 23.1 Å². The molecule has 0 aliphatic carbocycles. The highest BCUT2D eigenvalue weighted by Crippen LogP contribution is 2.16. The Labute approximate surface area is 166 Å². The summed E-state index contributed by atoms with van der Waals surface area (Å²) in [5.74, 6) is -0.618. The van der Waals surface area contributed by atoms with Crippen LogP contribution in [0, 0.1) is 13.8 Å². The van der Waals surface area contributed by atoms with E-state index >= 15 is 0 Å². The molecule has 1 heterocycles. The molecule has 1 aromatic carbocycles. The summed E-state index contributed by atoms with van der Waals surface area (Å²) in [6.07, 6.45) is -0.0816. The fraction of sp³-hybridized carbons (Fsp3) is 0.588. The summed E-state index contributed by atoms with van der Waals surface area (Å²) in [5.41, 5.74) is 1.59. The maximum absolute atomic E-state index is 12.3. The molecule has 1 aliphatic heterocycles. The number of hydrogen-bond donors (Lipinski definition) is 2. The molecule has 2 rings (SSSR count). The van der Waals surface area contributed by atoms with Crippen LogP contribution in [0.4, 0.5) is 0 Å². The van der Waals surface area contributed by atoms with Gasteiger partial charge in [0.25, 0.3) is 0 Å². The molecular formula is C17H27N3O6S2. The first-order valence-electron chi connectivity index (χ1n) is 9.01. The lowest BCUT2D eigenvalue weighted by Crippen LogP contribution is -2.44. The molecule has 1 saturated heterocycles. The zero-order valence-electron chi connectivity index (χ0n) is 16.1. The first kappa shape index (κ1) is 22.8. The molecule has 28 heavy (non-hydrogen) atoms. The summed E-state index contributed by atoms with van der Waals surface area (Å²) in [7, 11) is -7.15. The molecule has 1 amide bonds. The molecule has 1 fully saturated rings. The molecule has 0 radical (unpaired) electrons. The Morgan fingerprint density at radius 1 is 1.11 bits per heavy atom. The van der Waals surface area contributed by atoms with Crippen molar-refractivity contribution in [2.75, 3.05) is 45.1 Å². The fourth-order valence-corrected chi connectivity index (χ4v) is 5.42. The van der Waals surface area contributed by atoms with E-state index in [2.05, 4.69) is 10.0 Å². The average Bonchev–Trinajstić information content (AvgIpc) is 2.61. The van der Waals surface area contributed by atoms with E-state index in [1.165, 1.54) is 10.4 Å². The van der Waals surface area contributed by atoms with Crippen molar-refractivity contribution in [3.63, 3.8) is 0 Å². The van der Waals surface area contributed by atoms with Crippen molar-refractivity contribution in [1.82, 2.24) is 14.3 Å². The zero-order valence-corrected chi connectivity index (χ0v) is 17.7. The lowest BCUT2D eigenvalue weighted by atomic mass is 10.2. The van der Waals surface area contributed by atoms with E-state index in [0.29, 0.717) is 31.9 Å². The predicted molar refractivity (Wildman–Crippen MR) is 105 cm³/mol. The molecule has 1 aromatic rings. The van der Waals surface area contributed by atoms with Crippen molar-refractivity contribution in [1.29, 1.82) is 0 Å². The highest BCUT2D eigenvalue weighted by atomic mass is 32.2. The summed E-state index contributed by atoms with van der Waals surface area (Å²) < 4.78 is 57.8. The second-order valence-electron chi connectivity index (χ2n) is 6.59. The van der Waals surface area contributed by atoms with E-state index in [1.54, 1.807) is 19.1 Å². The second kappa shape index (κ2) is 9.79. The summed E-state index contributed by atoms with van der Waals surface area (Å²) in [5, 5.41) is 2.51. The lowest BCUT2D eigenvalue weighted by Gasteiger charge is -2.26. The van der Waals surface area contributed by atoms with Crippen LogP contribution in [0.1, 0.15) is 17.5 Å². The van der Waals surface area contributed by atoms with E-state index in [1.807, 2.05) is 6.92 Å². The average molecular weight is 434 g/mol. The van der Waals surface area contributed by atoms with Crippen LogP contribution in [0.3, 0.4) is 0 Å². The van der Waals surface area contributed by atoms with Crippen molar-refractivity contribution < 1.29 is 26.4 Å². The minimum absolute atomic E-state index is 0.0255. The van der Waals surface area contributed by atoms with Crippen LogP contribution in [0.25, 0.3) is 0 Å². The maximum atomic E-state index is 12.3. The normalized spacial score (nSPS) is 16.1. The highest BCUT2D eigenvalue weighted by Gasteiger charge is 2.24. The largest absolute Gasteiger partial charge is 0.379 e. The third kappa shape index (κ3) is 6.52. The number of aryl methyl sites for hydroxylation is 2. The Kier molecular flexibility index (Phi) is 7.96. The quantitative estimate of drug-likeness (QED) is 0.554. The Bertz CT molecular complexity index is 893. The Balaban J connectivity index is 1.75. The number of carbonyl (C=O) groups excluding carboxylic acids is 1. The van der Waals surface area contributed by atoms with Gasteiger partial charge in [-0.25, -0.2) is 21.6 Å². The molecule has 0 atom stereocenters. The van der Waals surface area contributed by atoms with Gasteiger partial charge < -0.3 is 10.1 Å². The van der Waals surface area contributed by atoms with Gasteiger partial charge in [0.2, 0.25) is 26.0 Å². The Morgan fingerprint density at radius 2 is 1.79 bits per heavy atom. The number of sulfonamides is 2. The zero-order chi connectivity index (χ0) is 20.8. The fourth-order valence-electron chi connectivity index (χ4n) is 2.84. The van der Waals surface area contributed by atoms with Gasteiger partial charge in [0, 0.05) is 32.6 Å². The van der Waals surface area contributed by atoms with Gasteiger partial charge in [-0.2, -0.15) is 4.31 Å². The standard InChI is InChI=1S/C17H27N3O6S2/c1-14-3-4-16(15(2)13-14)28(24,25)19-6-5-17(21)18-7-12-27(22,23)20-8-10-26-11-9-20/h3-4,13,19H,5-12H2,1-2H3,(H,18,21). The third-order valence-electron chi connectivity index (χ3n) is 4.31. The number of morpholine rings is 1. The number of nitrogens with zero attached hydrogens (tertiary/aromatic N) is 1. The van der Waals surface area contributed by atoms with Crippen LogP contribution in [-0.2, 0) is 29.6 Å². The van der Waals surface area contributed by atoms with Crippen LogP contribution in [0.2, 0.25) is 0 Å². The van der Waals surface area contributed by atoms with Crippen LogP contribution >= 0.6 is 0 Å². The molecule has 1 aliphatic rings. The van der Waals surface area contributed by atoms with Crippen LogP contribution in [0.5, 0.6) is 0 Å². The van der Waals surface area contributed by atoms with E-state index < -0.39 is 26.0 Å².